The minimum absolute atomic E-state index is 0.403. The summed E-state index contributed by atoms with van der Waals surface area (Å²) in [4.78, 5) is 11.6. The van der Waals surface area contributed by atoms with E-state index >= 15 is 0 Å². The maximum atomic E-state index is 12.9. The summed E-state index contributed by atoms with van der Waals surface area (Å²) in [6.07, 6.45) is 7.32. The number of hydrogen-bond acceptors (Lipinski definition) is 4. The van der Waals surface area contributed by atoms with Crippen LogP contribution in [0.4, 0.5) is 13.2 Å². The molecule has 5 rings (SSSR count). The van der Waals surface area contributed by atoms with Gasteiger partial charge in [-0.1, -0.05) is 18.2 Å². The van der Waals surface area contributed by atoms with Crippen LogP contribution < -0.4 is 0 Å². The first kappa shape index (κ1) is 20.0. The Morgan fingerprint density at radius 2 is 1.70 bits per heavy atom. The molecule has 0 bridgehead atoms. The van der Waals surface area contributed by atoms with E-state index in [-0.39, 0.29) is 0 Å². The molecule has 30 heavy (non-hydrogen) atoms. The average molecular weight is 427 g/mol. The fourth-order valence-electron chi connectivity index (χ4n) is 2.91. The van der Waals surface area contributed by atoms with Gasteiger partial charge in [0.1, 0.15) is 0 Å². The summed E-state index contributed by atoms with van der Waals surface area (Å²) in [5.41, 5.74) is 2.96. The first-order valence-corrected chi connectivity index (χ1v) is 10.1. The molecule has 0 unspecified atom stereocenters. The largest absolute Gasteiger partial charge is 0.450 e. The summed E-state index contributed by atoms with van der Waals surface area (Å²) in [5, 5.41) is 0.860. The van der Waals surface area contributed by atoms with Crippen molar-refractivity contribution in [3.05, 3.63) is 85.6 Å². The summed E-state index contributed by atoms with van der Waals surface area (Å²) in [6, 6.07) is 13.0. The number of thioether (sulfide) groups is 1. The fourth-order valence-corrected chi connectivity index (χ4v) is 3.27. The van der Waals surface area contributed by atoms with Gasteiger partial charge in [-0.2, -0.15) is 13.2 Å². The Bertz CT molecular complexity index is 1250. The predicted molar refractivity (Wildman–Crippen MR) is 110 cm³/mol. The van der Waals surface area contributed by atoms with Gasteiger partial charge in [0.2, 0.25) is 5.82 Å². The standard InChI is InChI=1S/C14H10F3N3S.C7H6N2/c1-21-12-5-3-9(6-18-12)10-2-4-11-7-19-13(14(15,16)17)20(11)8-10;1-2-4-9-6-8-5-7(9)3-1/h2-8H,1H3;1-6H. The van der Waals surface area contributed by atoms with E-state index in [0.717, 1.165) is 20.5 Å². The maximum absolute atomic E-state index is 12.9. The number of fused-ring (bicyclic) bond motifs is 2. The number of rotatable bonds is 2. The van der Waals surface area contributed by atoms with Crippen LogP contribution in [0.5, 0.6) is 0 Å². The Balaban J connectivity index is 0.000000200. The van der Waals surface area contributed by atoms with Crippen molar-refractivity contribution >= 4 is 22.8 Å². The van der Waals surface area contributed by atoms with Crippen molar-refractivity contribution in [3.8, 4) is 11.1 Å². The lowest BCUT2D eigenvalue weighted by Crippen LogP contribution is -2.10. The number of imidazole rings is 2. The normalized spacial score (nSPS) is 11.5. The van der Waals surface area contributed by atoms with E-state index in [2.05, 4.69) is 15.0 Å². The lowest BCUT2D eigenvalue weighted by Gasteiger charge is -2.07. The monoisotopic (exact) mass is 427 g/mol. The van der Waals surface area contributed by atoms with Gasteiger partial charge in [-0.25, -0.2) is 15.0 Å². The third-order valence-corrected chi connectivity index (χ3v) is 5.04. The van der Waals surface area contributed by atoms with Crippen molar-refractivity contribution in [2.45, 2.75) is 11.2 Å². The smallest absolute Gasteiger partial charge is 0.306 e. The molecular formula is C21H16F3N5S. The molecule has 0 aliphatic heterocycles. The first-order valence-electron chi connectivity index (χ1n) is 8.87. The van der Waals surface area contributed by atoms with Crippen molar-refractivity contribution in [3.63, 3.8) is 0 Å². The summed E-state index contributed by atoms with van der Waals surface area (Å²) in [5.74, 6) is -0.923. The molecule has 0 atom stereocenters. The third kappa shape index (κ3) is 4.16. The van der Waals surface area contributed by atoms with Gasteiger partial charge in [0.25, 0.3) is 0 Å². The van der Waals surface area contributed by atoms with E-state index in [1.807, 2.05) is 53.4 Å². The fraction of sp³-hybridized carbons (Fsp3) is 0.0952. The highest BCUT2D eigenvalue weighted by Crippen LogP contribution is 2.30. The summed E-state index contributed by atoms with van der Waals surface area (Å²) >= 11 is 1.51. The molecule has 0 aliphatic carbocycles. The number of halogens is 3. The lowest BCUT2D eigenvalue weighted by atomic mass is 10.1. The van der Waals surface area contributed by atoms with Crippen LogP contribution in [0.2, 0.25) is 0 Å². The second-order valence-electron chi connectivity index (χ2n) is 6.31. The van der Waals surface area contributed by atoms with Crippen molar-refractivity contribution in [1.29, 1.82) is 0 Å². The van der Waals surface area contributed by atoms with Crippen LogP contribution in [0.1, 0.15) is 5.82 Å². The van der Waals surface area contributed by atoms with Crippen LogP contribution in [0.25, 0.3) is 22.2 Å². The molecule has 0 N–H and O–H groups in total. The number of nitrogens with zero attached hydrogens (tertiary/aromatic N) is 5. The molecule has 9 heteroatoms. The maximum Gasteiger partial charge on any atom is 0.450 e. The van der Waals surface area contributed by atoms with E-state index in [0.29, 0.717) is 11.1 Å². The number of pyridine rings is 3. The molecule has 152 valence electrons. The molecule has 0 saturated heterocycles. The third-order valence-electron chi connectivity index (χ3n) is 4.38. The second kappa shape index (κ2) is 8.19. The molecule has 5 aromatic rings. The molecule has 0 aliphatic rings. The topological polar surface area (TPSA) is 47.5 Å². The highest BCUT2D eigenvalue weighted by Gasteiger charge is 2.35. The van der Waals surface area contributed by atoms with Crippen LogP contribution in [0.3, 0.4) is 0 Å². The Kier molecular flexibility index (Phi) is 5.45. The van der Waals surface area contributed by atoms with Gasteiger partial charge in [-0.05, 0) is 36.1 Å². The van der Waals surface area contributed by atoms with E-state index in [4.69, 9.17) is 0 Å². The van der Waals surface area contributed by atoms with Gasteiger partial charge >= 0.3 is 6.18 Å². The number of hydrogen-bond donors (Lipinski definition) is 0. The molecule has 0 saturated carbocycles. The van der Waals surface area contributed by atoms with Crippen molar-refractivity contribution in [2.75, 3.05) is 6.26 Å². The minimum Gasteiger partial charge on any atom is -0.306 e. The Hall–Kier alpha value is -3.33. The van der Waals surface area contributed by atoms with Crippen LogP contribution in [0.15, 0.2) is 84.8 Å². The quantitative estimate of drug-likeness (QED) is 0.351. The summed E-state index contributed by atoms with van der Waals surface area (Å²) in [7, 11) is 0. The van der Waals surface area contributed by atoms with E-state index in [1.54, 1.807) is 24.7 Å². The van der Waals surface area contributed by atoms with Crippen LogP contribution in [-0.2, 0) is 6.18 Å². The van der Waals surface area contributed by atoms with Gasteiger partial charge < -0.3 is 4.40 Å². The molecule has 0 aromatic carbocycles. The number of alkyl halides is 3. The Labute approximate surface area is 174 Å². The molecule has 5 heterocycles. The Morgan fingerprint density at radius 1 is 0.867 bits per heavy atom. The van der Waals surface area contributed by atoms with Gasteiger partial charge in [-0.15, -0.1) is 11.8 Å². The first-order chi connectivity index (χ1) is 14.5. The molecule has 0 radical (unpaired) electrons. The van der Waals surface area contributed by atoms with E-state index < -0.39 is 12.0 Å². The highest BCUT2D eigenvalue weighted by molar-refractivity contribution is 7.98. The highest BCUT2D eigenvalue weighted by atomic mass is 32.2. The molecule has 5 aromatic heterocycles. The zero-order valence-electron chi connectivity index (χ0n) is 15.8. The molecule has 0 amide bonds. The van der Waals surface area contributed by atoms with Gasteiger partial charge in [0.05, 0.1) is 34.8 Å². The van der Waals surface area contributed by atoms with E-state index in [1.165, 1.54) is 24.2 Å². The summed E-state index contributed by atoms with van der Waals surface area (Å²) in [6.45, 7) is 0. The SMILES string of the molecule is CSc1ccc(-c2ccc3cnc(C(F)(F)F)n3c2)cn1.c1ccn2cncc2c1. The average Bonchev–Trinajstić information content (AvgIpc) is 3.40. The van der Waals surface area contributed by atoms with Crippen LogP contribution in [-0.4, -0.2) is 30.0 Å². The molecule has 0 fully saturated rings. The Morgan fingerprint density at radius 3 is 2.40 bits per heavy atom. The lowest BCUT2D eigenvalue weighted by molar-refractivity contribution is -0.145. The van der Waals surface area contributed by atoms with Crippen LogP contribution in [0, 0.1) is 0 Å². The van der Waals surface area contributed by atoms with Crippen LogP contribution >= 0.6 is 11.8 Å². The van der Waals surface area contributed by atoms with E-state index in [9.17, 15) is 13.2 Å². The van der Waals surface area contributed by atoms with Crippen molar-refractivity contribution < 1.29 is 13.2 Å². The minimum atomic E-state index is -4.48. The summed E-state index contributed by atoms with van der Waals surface area (Å²) < 4.78 is 41.7. The van der Waals surface area contributed by atoms with Crippen molar-refractivity contribution in [2.24, 2.45) is 0 Å². The van der Waals surface area contributed by atoms with Crippen molar-refractivity contribution in [1.82, 2.24) is 23.8 Å². The van der Waals surface area contributed by atoms with Gasteiger partial charge in [0.15, 0.2) is 0 Å². The molecule has 0 spiro atoms. The van der Waals surface area contributed by atoms with Gasteiger partial charge in [-0.3, -0.25) is 4.40 Å². The zero-order valence-corrected chi connectivity index (χ0v) is 16.6. The molecule has 5 nitrogen and oxygen atoms in total. The second-order valence-corrected chi connectivity index (χ2v) is 7.13. The zero-order chi connectivity index (χ0) is 21.1. The number of aromatic nitrogens is 5. The molecular weight excluding hydrogens is 411 g/mol. The van der Waals surface area contributed by atoms with Gasteiger partial charge in [0, 0.05) is 24.2 Å². The predicted octanol–water partition coefficient (Wildman–Crippen LogP) is 5.47.